The number of carbonyl (C=O) groups is 1. The number of nitrogens with one attached hydrogen (secondary N) is 2. The third-order valence-corrected chi connectivity index (χ3v) is 2.37. The molecule has 0 aliphatic heterocycles. The summed E-state index contributed by atoms with van der Waals surface area (Å²) in [6.07, 6.45) is 2.06. The Bertz CT molecular complexity index is 119. The quantitative estimate of drug-likeness (QED) is 0.623. The summed E-state index contributed by atoms with van der Waals surface area (Å²) >= 11 is 1.79. The van der Waals surface area contributed by atoms with E-state index in [9.17, 15) is 4.79 Å². The zero-order valence-electron chi connectivity index (χ0n) is 7.31. The normalized spacial score (nSPS) is 12.6. The van der Waals surface area contributed by atoms with Crippen molar-refractivity contribution in [3.8, 4) is 0 Å². The second kappa shape index (κ2) is 6.49. The van der Waals surface area contributed by atoms with Crippen molar-refractivity contribution in [1.82, 2.24) is 10.6 Å². The first-order valence-electron chi connectivity index (χ1n) is 3.64. The first kappa shape index (κ1) is 10.8. The Hall–Kier alpha value is -0.220. The van der Waals surface area contributed by atoms with Gasteiger partial charge >= 0.3 is 0 Å². The molecule has 0 rings (SSSR count). The van der Waals surface area contributed by atoms with Crippen molar-refractivity contribution < 1.29 is 4.79 Å². The molecule has 0 aromatic heterocycles. The van der Waals surface area contributed by atoms with Gasteiger partial charge in [-0.2, -0.15) is 11.8 Å². The molecule has 1 amide bonds. The minimum Gasteiger partial charge on any atom is -0.358 e. The van der Waals surface area contributed by atoms with Crippen LogP contribution in [0.15, 0.2) is 0 Å². The first-order chi connectivity index (χ1) is 5.20. The van der Waals surface area contributed by atoms with Gasteiger partial charge < -0.3 is 10.6 Å². The Balaban J connectivity index is 3.20. The van der Waals surface area contributed by atoms with Gasteiger partial charge in [0, 0.05) is 18.8 Å². The molecule has 0 aliphatic rings. The van der Waals surface area contributed by atoms with Crippen LogP contribution < -0.4 is 10.6 Å². The number of carbonyl (C=O) groups excluding carboxylic acids is 1. The molecule has 4 heteroatoms. The van der Waals surface area contributed by atoms with Gasteiger partial charge in [0.05, 0.1) is 6.54 Å². The minimum absolute atomic E-state index is 0.0401. The lowest BCUT2D eigenvalue weighted by molar-refractivity contribution is -0.119. The zero-order chi connectivity index (χ0) is 8.69. The van der Waals surface area contributed by atoms with E-state index in [0.29, 0.717) is 11.8 Å². The van der Waals surface area contributed by atoms with E-state index in [2.05, 4.69) is 23.8 Å². The Kier molecular flexibility index (Phi) is 6.36. The SMILES string of the molecule is CNC(=O)CNCC(C)SC. The van der Waals surface area contributed by atoms with Gasteiger partial charge in [0.1, 0.15) is 0 Å². The van der Waals surface area contributed by atoms with Crippen LogP contribution in [-0.4, -0.2) is 37.6 Å². The molecule has 3 nitrogen and oxygen atoms in total. The molecule has 0 aliphatic carbocycles. The van der Waals surface area contributed by atoms with Crippen molar-refractivity contribution in [2.45, 2.75) is 12.2 Å². The predicted molar refractivity (Wildman–Crippen MR) is 49.9 cm³/mol. The number of rotatable bonds is 5. The topological polar surface area (TPSA) is 41.1 Å². The summed E-state index contributed by atoms with van der Waals surface area (Å²) in [6.45, 7) is 3.43. The second-order valence-electron chi connectivity index (χ2n) is 2.35. The molecule has 11 heavy (non-hydrogen) atoms. The summed E-state index contributed by atoms with van der Waals surface area (Å²) in [6, 6.07) is 0. The van der Waals surface area contributed by atoms with Crippen LogP contribution in [0.25, 0.3) is 0 Å². The maximum Gasteiger partial charge on any atom is 0.233 e. The molecule has 0 aromatic carbocycles. The van der Waals surface area contributed by atoms with Crippen LogP contribution in [0.2, 0.25) is 0 Å². The van der Waals surface area contributed by atoms with Gasteiger partial charge in [-0.05, 0) is 6.26 Å². The molecule has 0 spiro atoms. The van der Waals surface area contributed by atoms with Gasteiger partial charge in [0.2, 0.25) is 5.91 Å². The lowest BCUT2D eigenvalue weighted by Gasteiger charge is -2.08. The molecular formula is C7H16N2OS. The Labute approximate surface area is 72.3 Å². The molecule has 0 radical (unpaired) electrons. The van der Waals surface area contributed by atoms with Crippen molar-refractivity contribution in [2.75, 3.05) is 26.4 Å². The standard InChI is InChI=1S/C7H16N2OS/c1-6(11-3)4-9-5-7(10)8-2/h6,9H,4-5H2,1-3H3,(H,8,10). The Morgan fingerprint density at radius 1 is 1.64 bits per heavy atom. The minimum atomic E-state index is 0.0401. The molecule has 0 aromatic rings. The largest absolute Gasteiger partial charge is 0.358 e. The fourth-order valence-corrected chi connectivity index (χ4v) is 0.845. The van der Waals surface area contributed by atoms with Crippen LogP contribution in [0.3, 0.4) is 0 Å². The van der Waals surface area contributed by atoms with Crippen LogP contribution >= 0.6 is 11.8 Å². The fourth-order valence-electron chi connectivity index (χ4n) is 0.561. The summed E-state index contributed by atoms with van der Waals surface area (Å²) in [5.41, 5.74) is 0. The molecule has 0 saturated heterocycles. The van der Waals surface area contributed by atoms with Crippen molar-refractivity contribution >= 4 is 17.7 Å². The van der Waals surface area contributed by atoms with E-state index in [0.717, 1.165) is 6.54 Å². The number of amides is 1. The van der Waals surface area contributed by atoms with E-state index in [1.54, 1.807) is 18.8 Å². The van der Waals surface area contributed by atoms with Crippen molar-refractivity contribution in [3.05, 3.63) is 0 Å². The van der Waals surface area contributed by atoms with Crippen LogP contribution in [-0.2, 0) is 4.79 Å². The molecule has 2 N–H and O–H groups in total. The summed E-state index contributed by atoms with van der Waals surface area (Å²) in [5.74, 6) is 0.0401. The monoisotopic (exact) mass is 176 g/mol. The second-order valence-corrected chi connectivity index (χ2v) is 3.63. The van der Waals surface area contributed by atoms with Crippen LogP contribution in [0.4, 0.5) is 0 Å². The van der Waals surface area contributed by atoms with E-state index < -0.39 is 0 Å². The lowest BCUT2D eigenvalue weighted by Crippen LogP contribution is -2.34. The van der Waals surface area contributed by atoms with Crippen molar-refractivity contribution in [2.24, 2.45) is 0 Å². The highest BCUT2D eigenvalue weighted by atomic mass is 32.2. The summed E-state index contributed by atoms with van der Waals surface area (Å²) < 4.78 is 0. The lowest BCUT2D eigenvalue weighted by atomic mass is 10.4. The smallest absolute Gasteiger partial charge is 0.233 e. The molecule has 0 saturated carbocycles. The zero-order valence-corrected chi connectivity index (χ0v) is 8.12. The molecule has 0 fully saturated rings. The summed E-state index contributed by atoms with van der Waals surface area (Å²) in [7, 11) is 1.64. The van der Waals surface area contributed by atoms with E-state index >= 15 is 0 Å². The summed E-state index contributed by atoms with van der Waals surface area (Å²) in [5, 5.41) is 6.17. The number of hydrogen-bond donors (Lipinski definition) is 2. The molecule has 0 heterocycles. The first-order valence-corrected chi connectivity index (χ1v) is 4.93. The third kappa shape index (κ3) is 6.19. The van der Waals surface area contributed by atoms with Crippen LogP contribution in [0.5, 0.6) is 0 Å². The van der Waals surface area contributed by atoms with Gasteiger partial charge in [-0.1, -0.05) is 6.92 Å². The van der Waals surface area contributed by atoms with Gasteiger partial charge in [-0.3, -0.25) is 4.79 Å². The van der Waals surface area contributed by atoms with Gasteiger partial charge in [-0.25, -0.2) is 0 Å². The van der Waals surface area contributed by atoms with Crippen LogP contribution in [0.1, 0.15) is 6.92 Å². The van der Waals surface area contributed by atoms with Crippen molar-refractivity contribution in [3.63, 3.8) is 0 Å². The number of likely N-dealkylation sites (N-methyl/N-ethyl adjacent to an activating group) is 1. The van der Waals surface area contributed by atoms with E-state index in [4.69, 9.17) is 0 Å². The maximum atomic E-state index is 10.7. The van der Waals surface area contributed by atoms with E-state index in [-0.39, 0.29) is 5.91 Å². The fraction of sp³-hybridized carbons (Fsp3) is 0.857. The highest BCUT2D eigenvalue weighted by molar-refractivity contribution is 7.99. The van der Waals surface area contributed by atoms with Gasteiger partial charge in [0.25, 0.3) is 0 Å². The Morgan fingerprint density at radius 3 is 2.73 bits per heavy atom. The van der Waals surface area contributed by atoms with Gasteiger partial charge in [-0.15, -0.1) is 0 Å². The molecular weight excluding hydrogens is 160 g/mol. The van der Waals surface area contributed by atoms with E-state index in [1.165, 1.54) is 0 Å². The third-order valence-electron chi connectivity index (χ3n) is 1.40. The highest BCUT2D eigenvalue weighted by Crippen LogP contribution is 2.01. The van der Waals surface area contributed by atoms with Crippen LogP contribution in [0, 0.1) is 0 Å². The van der Waals surface area contributed by atoms with Gasteiger partial charge in [0.15, 0.2) is 0 Å². The number of hydrogen-bond acceptors (Lipinski definition) is 3. The maximum absolute atomic E-state index is 10.7. The Morgan fingerprint density at radius 2 is 2.27 bits per heavy atom. The van der Waals surface area contributed by atoms with E-state index in [1.807, 2.05) is 0 Å². The molecule has 0 bridgehead atoms. The van der Waals surface area contributed by atoms with Crippen molar-refractivity contribution in [1.29, 1.82) is 0 Å². The predicted octanol–water partition coefficient (Wildman–Crippen LogP) is 0.0735. The molecule has 1 unspecified atom stereocenters. The molecule has 66 valence electrons. The average Bonchev–Trinajstić information content (AvgIpc) is 2.04. The number of thioether (sulfide) groups is 1. The molecule has 1 atom stereocenters. The summed E-state index contributed by atoms with van der Waals surface area (Å²) in [4.78, 5) is 10.7. The highest BCUT2D eigenvalue weighted by Gasteiger charge is 1.99. The average molecular weight is 176 g/mol.